The molecule has 0 saturated carbocycles. The van der Waals surface area contributed by atoms with Gasteiger partial charge in [-0.25, -0.2) is 0 Å². The summed E-state index contributed by atoms with van der Waals surface area (Å²) >= 11 is 0. The lowest BCUT2D eigenvalue weighted by molar-refractivity contribution is -0.0945. The van der Waals surface area contributed by atoms with Crippen molar-refractivity contribution in [2.45, 2.75) is 6.04 Å². The number of rotatable bonds is 21. The monoisotopic (exact) mass is 381 g/mol. The molecular weight excluding hydrogens is 350 g/mol. The molecule has 0 bridgehead atoms. The fourth-order valence-corrected chi connectivity index (χ4v) is 1.52. The van der Waals surface area contributed by atoms with Gasteiger partial charge in [0.2, 0.25) is 0 Å². The molecule has 0 radical (unpaired) electrons. The smallest absolute Gasteiger partial charge is 0.146 e. The molecule has 0 unspecified atom stereocenters. The first-order valence-corrected chi connectivity index (χ1v) is 8.33. The molecule has 0 atom stereocenters. The van der Waals surface area contributed by atoms with Gasteiger partial charge in [0, 0.05) is 19.1 Å². The second kappa shape index (κ2) is 22.0. The molecule has 0 saturated heterocycles. The van der Waals surface area contributed by atoms with Crippen molar-refractivity contribution in [3.8, 4) is 0 Å². The van der Waals surface area contributed by atoms with Gasteiger partial charge in [0.05, 0.1) is 72.1 Å². The molecule has 0 aromatic rings. The standard InChI is InChI=1S/C15H31N3O8/c1-19-3-5-21-7-9-23-13-25-11-15(17-18-16)12-26-14-24-10-8-22-6-4-20-2/h15H,3-14H2,1-2H3. The molecule has 0 amide bonds. The third-order valence-corrected chi connectivity index (χ3v) is 2.78. The average Bonchev–Trinajstić information content (AvgIpc) is 2.65. The molecule has 0 heterocycles. The van der Waals surface area contributed by atoms with Gasteiger partial charge >= 0.3 is 0 Å². The minimum absolute atomic E-state index is 0.0837. The third-order valence-electron chi connectivity index (χ3n) is 2.78. The maximum Gasteiger partial charge on any atom is 0.146 e. The Hall–Kier alpha value is -1.01. The lowest BCUT2D eigenvalue weighted by Crippen LogP contribution is -2.22. The Balaban J connectivity index is 3.46. The minimum Gasteiger partial charge on any atom is -0.382 e. The highest BCUT2D eigenvalue weighted by Crippen LogP contribution is 1.96. The van der Waals surface area contributed by atoms with Gasteiger partial charge in [-0.2, -0.15) is 0 Å². The minimum atomic E-state index is -0.455. The number of nitrogens with zero attached hydrogens (tertiary/aromatic N) is 3. The predicted molar refractivity (Wildman–Crippen MR) is 91.9 cm³/mol. The van der Waals surface area contributed by atoms with Gasteiger partial charge in [-0.05, 0) is 5.53 Å². The van der Waals surface area contributed by atoms with E-state index in [4.69, 9.17) is 43.4 Å². The summed E-state index contributed by atoms with van der Waals surface area (Å²) < 4.78 is 41.2. The van der Waals surface area contributed by atoms with Crippen LogP contribution in [0.1, 0.15) is 0 Å². The van der Waals surface area contributed by atoms with Crippen molar-refractivity contribution in [2.75, 3.05) is 93.9 Å². The Morgan fingerprint density at radius 1 is 0.654 bits per heavy atom. The van der Waals surface area contributed by atoms with Gasteiger partial charge in [0.1, 0.15) is 13.6 Å². The highest BCUT2D eigenvalue weighted by Gasteiger charge is 2.07. The van der Waals surface area contributed by atoms with E-state index in [1.165, 1.54) is 0 Å². The van der Waals surface area contributed by atoms with E-state index < -0.39 is 6.04 Å². The zero-order valence-electron chi connectivity index (χ0n) is 15.7. The molecule has 154 valence electrons. The van der Waals surface area contributed by atoms with Gasteiger partial charge < -0.3 is 37.9 Å². The van der Waals surface area contributed by atoms with Crippen LogP contribution in [-0.4, -0.2) is 99.9 Å². The van der Waals surface area contributed by atoms with Crippen molar-refractivity contribution in [1.29, 1.82) is 0 Å². The molecule has 0 aliphatic carbocycles. The first-order chi connectivity index (χ1) is 12.8. The second-order valence-electron chi connectivity index (χ2n) is 4.86. The molecule has 11 heteroatoms. The van der Waals surface area contributed by atoms with Crippen molar-refractivity contribution in [3.63, 3.8) is 0 Å². The first-order valence-electron chi connectivity index (χ1n) is 8.33. The molecule has 0 aromatic heterocycles. The summed E-state index contributed by atoms with van der Waals surface area (Å²) in [5, 5.41) is 3.60. The maximum absolute atomic E-state index is 8.55. The van der Waals surface area contributed by atoms with Gasteiger partial charge in [0.25, 0.3) is 0 Å². The van der Waals surface area contributed by atoms with Crippen LogP contribution in [0.15, 0.2) is 5.11 Å². The predicted octanol–water partition coefficient (Wildman–Crippen LogP) is 0.973. The molecule has 0 aromatic carbocycles. The summed E-state index contributed by atoms with van der Waals surface area (Å²) in [4.78, 5) is 2.77. The van der Waals surface area contributed by atoms with Gasteiger partial charge in [-0.15, -0.1) is 0 Å². The fourth-order valence-electron chi connectivity index (χ4n) is 1.52. The fraction of sp³-hybridized carbons (Fsp3) is 1.00. The molecule has 0 aliphatic heterocycles. The van der Waals surface area contributed by atoms with Crippen molar-refractivity contribution < 1.29 is 37.9 Å². The van der Waals surface area contributed by atoms with Crippen LogP contribution in [0.4, 0.5) is 0 Å². The third kappa shape index (κ3) is 19.3. The van der Waals surface area contributed by atoms with E-state index in [0.29, 0.717) is 52.9 Å². The summed E-state index contributed by atoms with van der Waals surface area (Å²) in [5.74, 6) is 0. The highest BCUT2D eigenvalue weighted by atomic mass is 16.7. The van der Waals surface area contributed by atoms with E-state index in [-0.39, 0.29) is 26.8 Å². The molecule has 0 N–H and O–H groups in total. The zero-order valence-corrected chi connectivity index (χ0v) is 15.7. The zero-order chi connectivity index (χ0) is 19.1. The number of methoxy groups -OCH3 is 2. The Morgan fingerprint density at radius 2 is 1.08 bits per heavy atom. The van der Waals surface area contributed by atoms with Crippen molar-refractivity contribution >= 4 is 0 Å². The van der Waals surface area contributed by atoms with Gasteiger partial charge in [-0.3, -0.25) is 0 Å². The van der Waals surface area contributed by atoms with Gasteiger partial charge in [-0.1, -0.05) is 5.11 Å². The van der Waals surface area contributed by atoms with Crippen LogP contribution in [0.25, 0.3) is 10.4 Å². The number of azide groups is 1. The summed E-state index contributed by atoms with van der Waals surface area (Å²) in [6, 6.07) is -0.455. The highest BCUT2D eigenvalue weighted by molar-refractivity contribution is 4.64. The molecule has 0 rings (SSSR count). The lowest BCUT2D eigenvalue weighted by Gasteiger charge is -2.13. The summed E-state index contributed by atoms with van der Waals surface area (Å²) in [6.45, 7) is 4.44. The van der Waals surface area contributed by atoms with Crippen LogP contribution in [0.5, 0.6) is 0 Å². The van der Waals surface area contributed by atoms with Crippen LogP contribution in [0, 0.1) is 0 Å². The summed E-state index contributed by atoms with van der Waals surface area (Å²) in [5.41, 5.74) is 8.55. The normalized spacial score (nSPS) is 11.0. The molecule has 11 nitrogen and oxygen atoms in total. The molecule has 0 fully saturated rings. The number of hydrogen-bond acceptors (Lipinski definition) is 9. The first kappa shape index (κ1) is 25.0. The van der Waals surface area contributed by atoms with Crippen molar-refractivity contribution in [2.24, 2.45) is 5.11 Å². The lowest BCUT2D eigenvalue weighted by atomic mass is 10.4. The SMILES string of the molecule is COCCOCCOCOCC(COCOCCOCCOC)N=[N+]=[N-]. The van der Waals surface area contributed by atoms with Crippen LogP contribution < -0.4 is 0 Å². The largest absolute Gasteiger partial charge is 0.382 e. The Labute approximate surface area is 154 Å². The Kier molecular flexibility index (Phi) is 21.2. The molecule has 0 aliphatic rings. The Morgan fingerprint density at radius 3 is 1.50 bits per heavy atom. The van der Waals surface area contributed by atoms with E-state index in [1.807, 2.05) is 0 Å². The van der Waals surface area contributed by atoms with E-state index in [1.54, 1.807) is 14.2 Å². The van der Waals surface area contributed by atoms with Crippen LogP contribution in [0.2, 0.25) is 0 Å². The number of ether oxygens (including phenoxy) is 8. The van der Waals surface area contributed by atoms with Crippen LogP contribution in [-0.2, 0) is 37.9 Å². The van der Waals surface area contributed by atoms with Crippen LogP contribution in [0.3, 0.4) is 0 Å². The second-order valence-corrected chi connectivity index (χ2v) is 4.86. The molecule has 0 spiro atoms. The van der Waals surface area contributed by atoms with Crippen LogP contribution >= 0.6 is 0 Å². The molecule has 26 heavy (non-hydrogen) atoms. The van der Waals surface area contributed by atoms with E-state index in [0.717, 1.165) is 0 Å². The van der Waals surface area contributed by atoms with E-state index in [9.17, 15) is 0 Å². The summed E-state index contributed by atoms with van der Waals surface area (Å²) in [6.07, 6.45) is 0. The topological polar surface area (TPSA) is 123 Å². The van der Waals surface area contributed by atoms with Crippen molar-refractivity contribution in [3.05, 3.63) is 10.4 Å². The maximum atomic E-state index is 8.55. The quantitative estimate of drug-likeness (QED) is 0.0947. The summed E-state index contributed by atoms with van der Waals surface area (Å²) in [7, 11) is 3.23. The molecular formula is C15H31N3O8. The Bertz CT molecular complexity index is 310. The van der Waals surface area contributed by atoms with Crippen molar-refractivity contribution in [1.82, 2.24) is 0 Å². The number of hydrogen-bond donors (Lipinski definition) is 0. The average molecular weight is 381 g/mol. The van der Waals surface area contributed by atoms with Gasteiger partial charge in [0.15, 0.2) is 0 Å². The van der Waals surface area contributed by atoms with E-state index in [2.05, 4.69) is 10.0 Å². The van der Waals surface area contributed by atoms with E-state index >= 15 is 0 Å².